The number of aromatic nitrogens is 2. The fourth-order valence-electron chi connectivity index (χ4n) is 3.28. The van der Waals surface area contributed by atoms with Gasteiger partial charge in [-0.05, 0) is 37.8 Å². The minimum absolute atomic E-state index is 0.223. The minimum atomic E-state index is -1.48. The van der Waals surface area contributed by atoms with Crippen molar-refractivity contribution in [3.63, 3.8) is 0 Å². The van der Waals surface area contributed by atoms with Crippen LogP contribution < -0.4 is 5.32 Å². The molecule has 2 aromatic rings. The molecule has 1 heterocycles. The molecule has 2 N–H and O–H groups in total. The number of carboxylic acid groups (broad SMARTS) is 1. The van der Waals surface area contributed by atoms with Gasteiger partial charge in [0.25, 0.3) is 5.91 Å². The van der Waals surface area contributed by atoms with Crippen molar-refractivity contribution in [2.45, 2.75) is 58.5 Å². The molecule has 0 aliphatic carbocycles. The molecule has 0 aliphatic rings. The van der Waals surface area contributed by atoms with Crippen LogP contribution in [0.25, 0.3) is 0 Å². The lowest BCUT2D eigenvalue weighted by Crippen LogP contribution is -2.51. The van der Waals surface area contributed by atoms with Crippen LogP contribution in [0.4, 0.5) is 0 Å². The first-order valence-electron chi connectivity index (χ1n) is 9.07. The highest BCUT2D eigenvalue weighted by molar-refractivity contribution is 5.96. The molecule has 1 aromatic heterocycles. The standard InChI is InChI=1S/C20H27N3O3/c1-5-16(6-2)23-14(4)13-17(22-23)18(24)21-20(7-3,19(25)26)15-11-9-8-10-12-15/h8-13,16H,5-7H2,1-4H3,(H,21,24)(H,25,26). The average Bonchev–Trinajstić information content (AvgIpc) is 3.03. The number of amides is 1. The highest BCUT2D eigenvalue weighted by Gasteiger charge is 2.40. The molecule has 1 amide bonds. The van der Waals surface area contributed by atoms with Crippen LogP contribution in [0, 0.1) is 6.92 Å². The van der Waals surface area contributed by atoms with Crippen molar-refractivity contribution in [3.05, 3.63) is 53.3 Å². The molecule has 0 bridgehead atoms. The van der Waals surface area contributed by atoms with Crippen LogP contribution in [0.3, 0.4) is 0 Å². The number of carbonyl (C=O) groups is 2. The summed E-state index contributed by atoms with van der Waals surface area (Å²) < 4.78 is 1.85. The van der Waals surface area contributed by atoms with E-state index in [4.69, 9.17) is 0 Å². The molecule has 26 heavy (non-hydrogen) atoms. The summed E-state index contributed by atoms with van der Waals surface area (Å²) in [6, 6.07) is 10.7. The first kappa shape index (κ1) is 19.7. The molecular weight excluding hydrogens is 330 g/mol. The molecule has 140 valence electrons. The highest BCUT2D eigenvalue weighted by Crippen LogP contribution is 2.26. The smallest absolute Gasteiger partial charge is 0.334 e. The van der Waals surface area contributed by atoms with Gasteiger partial charge in [0.1, 0.15) is 5.69 Å². The van der Waals surface area contributed by atoms with Crippen LogP contribution in [0.15, 0.2) is 36.4 Å². The molecule has 1 aromatic carbocycles. The van der Waals surface area contributed by atoms with Crippen molar-refractivity contribution in [1.29, 1.82) is 0 Å². The fraction of sp³-hybridized carbons (Fsp3) is 0.450. The second-order valence-electron chi connectivity index (χ2n) is 6.47. The second-order valence-corrected chi connectivity index (χ2v) is 6.47. The van der Waals surface area contributed by atoms with Gasteiger partial charge < -0.3 is 10.4 Å². The van der Waals surface area contributed by atoms with Gasteiger partial charge in [0, 0.05) is 5.69 Å². The van der Waals surface area contributed by atoms with Gasteiger partial charge in [-0.3, -0.25) is 9.48 Å². The number of nitrogens with one attached hydrogen (secondary N) is 1. The van der Waals surface area contributed by atoms with E-state index < -0.39 is 17.4 Å². The zero-order valence-corrected chi connectivity index (χ0v) is 15.8. The van der Waals surface area contributed by atoms with Crippen LogP contribution in [0.5, 0.6) is 0 Å². The van der Waals surface area contributed by atoms with Crippen molar-refractivity contribution in [1.82, 2.24) is 15.1 Å². The van der Waals surface area contributed by atoms with E-state index in [-0.39, 0.29) is 18.2 Å². The molecule has 1 atom stereocenters. The maximum Gasteiger partial charge on any atom is 0.334 e. The number of hydrogen-bond donors (Lipinski definition) is 2. The SMILES string of the molecule is CCC(CC)n1nc(C(=O)NC(CC)(C(=O)O)c2ccccc2)cc1C. The van der Waals surface area contributed by atoms with E-state index >= 15 is 0 Å². The molecular formula is C20H27N3O3. The number of carboxylic acids is 1. The van der Waals surface area contributed by atoms with Gasteiger partial charge in [0.2, 0.25) is 0 Å². The summed E-state index contributed by atoms with van der Waals surface area (Å²) >= 11 is 0. The highest BCUT2D eigenvalue weighted by atomic mass is 16.4. The van der Waals surface area contributed by atoms with Crippen LogP contribution in [0.1, 0.15) is 67.8 Å². The molecule has 0 spiro atoms. The van der Waals surface area contributed by atoms with E-state index in [9.17, 15) is 14.7 Å². The van der Waals surface area contributed by atoms with Crippen molar-refractivity contribution >= 4 is 11.9 Å². The molecule has 0 fully saturated rings. The molecule has 0 radical (unpaired) electrons. The molecule has 1 unspecified atom stereocenters. The third-order valence-corrected chi connectivity index (χ3v) is 4.93. The van der Waals surface area contributed by atoms with Gasteiger partial charge in [0.05, 0.1) is 6.04 Å². The number of nitrogens with zero attached hydrogens (tertiary/aromatic N) is 2. The Kier molecular flexibility index (Phi) is 6.18. The molecule has 2 rings (SSSR count). The lowest BCUT2D eigenvalue weighted by atomic mass is 9.87. The topological polar surface area (TPSA) is 84.2 Å². The largest absolute Gasteiger partial charge is 0.479 e. The Labute approximate surface area is 154 Å². The maximum absolute atomic E-state index is 12.8. The van der Waals surface area contributed by atoms with E-state index in [2.05, 4.69) is 24.3 Å². The summed E-state index contributed by atoms with van der Waals surface area (Å²) in [7, 11) is 0. The third-order valence-electron chi connectivity index (χ3n) is 4.93. The number of aliphatic carboxylic acids is 1. The number of carbonyl (C=O) groups excluding carboxylic acids is 1. The lowest BCUT2D eigenvalue weighted by Gasteiger charge is -2.29. The van der Waals surface area contributed by atoms with E-state index in [0.29, 0.717) is 5.56 Å². The Bertz CT molecular complexity index is 766. The summed E-state index contributed by atoms with van der Waals surface area (Å²) in [5, 5.41) is 17.0. The summed E-state index contributed by atoms with van der Waals surface area (Å²) in [6.07, 6.45) is 2.06. The molecule has 0 saturated heterocycles. The Morgan fingerprint density at radius 3 is 2.31 bits per heavy atom. The number of rotatable bonds is 8. The van der Waals surface area contributed by atoms with Crippen molar-refractivity contribution in [2.75, 3.05) is 0 Å². The van der Waals surface area contributed by atoms with Gasteiger partial charge in [-0.25, -0.2) is 4.79 Å². The summed E-state index contributed by atoms with van der Waals surface area (Å²) in [6.45, 7) is 7.81. The third kappa shape index (κ3) is 3.64. The second kappa shape index (κ2) is 8.17. The minimum Gasteiger partial charge on any atom is -0.479 e. The van der Waals surface area contributed by atoms with E-state index in [1.807, 2.05) is 17.7 Å². The van der Waals surface area contributed by atoms with Gasteiger partial charge >= 0.3 is 5.97 Å². The fourth-order valence-corrected chi connectivity index (χ4v) is 3.28. The first-order valence-corrected chi connectivity index (χ1v) is 9.07. The van der Waals surface area contributed by atoms with Crippen LogP contribution in [0.2, 0.25) is 0 Å². The van der Waals surface area contributed by atoms with E-state index in [1.54, 1.807) is 37.3 Å². The molecule has 6 nitrogen and oxygen atoms in total. The maximum atomic E-state index is 12.8. The van der Waals surface area contributed by atoms with Crippen LogP contribution in [-0.2, 0) is 10.3 Å². The van der Waals surface area contributed by atoms with E-state index in [1.165, 1.54) is 0 Å². The lowest BCUT2D eigenvalue weighted by molar-refractivity contribution is -0.145. The van der Waals surface area contributed by atoms with E-state index in [0.717, 1.165) is 18.5 Å². The van der Waals surface area contributed by atoms with Crippen LogP contribution >= 0.6 is 0 Å². The van der Waals surface area contributed by atoms with Crippen molar-refractivity contribution < 1.29 is 14.7 Å². The van der Waals surface area contributed by atoms with Crippen LogP contribution in [-0.4, -0.2) is 26.8 Å². The predicted molar refractivity (Wildman–Crippen MR) is 100 cm³/mol. The van der Waals surface area contributed by atoms with Crippen molar-refractivity contribution in [3.8, 4) is 0 Å². The molecule has 0 aliphatic heterocycles. The Balaban J connectivity index is 2.37. The summed E-state index contributed by atoms with van der Waals surface area (Å²) in [5.74, 6) is -1.57. The van der Waals surface area contributed by atoms with Gasteiger partial charge in [-0.2, -0.15) is 5.10 Å². The normalized spacial score (nSPS) is 13.4. The van der Waals surface area contributed by atoms with Gasteiger partial charge in [0.15, 0.2) is 5.54 Å². The first-order chi connectivity index (χ1) is 12.4. The summed E-state index contributed by atoms with van der Waals surface area (Å²) in [5.41, 5.74) is 0.190. The Hall–Kier alpha value is -2.63. The predicted octanol–water partition coefficient (Wildman–Crippen LogP) is 3.67. The zero-order valence-electron chi connectivity index (χ0n) is 15.8. The monoisotopic (exact) mass is 357 g/mol. The number of aryl methyl sites for hydroxylation is 1. The molecule has 0 saturated carbocycles. The number of hydrogen-bond acceptors (Lipinski definition) is 3. The van der Waals surface area contributed by atoms with Gasteiger partial charge in [-0.15, -0.1) is 0 Å². The molecule has 6 heteroatoms. The van der Waals surface area contributed by atoms with Crippen molar-refractivity contribution in [2.24, 2.45) is 0 Å². The number of benzene rings is 1. The Morgan fingerprint density at radius 2 is 1.81 bits per heavy atom. The Morgan fingerprint density at radius 1 is 1.19 bits per heavy atom. The summed E-state index contributed by atoms with van der Waals surface area (Å²) in [4.78, 5) is 24.9. The zero-order chi connectivity index (χ0) is 19.3. The van der Waals surface area contributed by atoms with Gasteiger partial charge in [-0.1, -0.05) is 51.1 Å². The quantitative estimate of drug-likeness (QED) is 0.755. The average molecular weight is 357 g/mol.